The monoisotopic (exact) mass is 505 g/mol. The molecule has 0 unspecified atom stereocenters. The van der Waals surface area contributed by atoms with Crippen molar-refractivity contribution in [1.29, 1.82) is 0 Å². The Labute approximate surface area is 221 Å². The molecule has 0 spiro atoms. The van der Waals surface area contributed by atoms with E-state index in [0.717, 1.165) is 49.1 Å². The lowest BCUT2D eigenvalue weighted by atomic mass is 10.1. The zero-order chi connectivity index (χ0) is 26.9. The summed E-state index contributed by atoms with van der Waals surface area (Å²) in [6.07, 6.45) is 3.24. The van der Waals surface area contributed by atoms with E-state index in [1.54, 1.807) is 0 Å². The van der Waals surface area contributed by atoms with Crippen LogP contribution >= 0.6 is 0 Å². The molecular weight excluding hydrogens is 462 g/mol. The Kier molecular flexibility index (Phi) is 10.3. The summed E-state index contributed by atoms with van der Waals surface area (Å²) in [5.41, 5.74) is 9.80. The third-order valence-corrected chi connectivity index (χ3v) is 6.61. The second kappa shape index (κ2) is 13.4. The molecule has 0 bridgehead atoms. The van der Waals surface area contributed by atoms with Crippen LogP contribution in [0.15, 0.2) is 42.5 Å². The van der Waals surface area contributed by atoms with Gasteiger partial charge in [-0.2, -0.15) is 0 Å². The zero-order valence-corrected chi connectivity index (χ0v) is 23.1. The van der Waals surface area contributed by atoms with Crippen molar-refractivity contribution < 1.29 is 9.59 Å². The first-order valence-corrected chi connectivity index (χ1v) is 13.6. The quantitative estimate of drug-likeness (QED) is 0.252. The van der Waals surface area contributed by atoms with Gasteiger partial charge in [0, 0.05) is 42.9 Å². The summed E-state index contributed by atoms with van der Waals surface area (Å²) in [6.45, 7) is 13.4. The van der Waals surface area contributed by atoms with Crippen molar-refractivity contribution in [2.24, 2.45) is 17.6 Å². The smallest absolute Gasteiger partial charge is 0.253 e. The van der Waals surface area contributed by atoms with E-state index in [4.69, 9.17) is 10.7 Å². The van der Waals surface area contributed by atoms with Crippen LogP contribution in [0.2, 0.25) is 0 Å². The maximum Gasteiger partial charge on any atom is 0.253 e. The molecule has 0 aliphatic rings. The van der Waals surface area contributed by atoms with Gasteiger partial charge in [-0.1, -0.05) is 34.6 Å². The van der Waals surface area contributed by atoms with Gasteiger partial charge in [-0.05, 0) is 80.1 Å². The van der Waals surface area contributed by atoms with Gasteiger partial charge in [0.1, 0.15) is 0 Å². The number of carbonyl (C=O) groups is 2. The molecule has 3 rings (SSSR count). The predicted octanol–water partition coefficient (Wildman–Crippen LogP) is 6.26. The van der Waals surface area contributed by atoms with Crippen LogP contribution in [0, 0.1) is 11.8 Å². The molecular formula is C30H43N5O2. The highest BCUT2D eigenvalue weighted by Gasteiger charge is 2.19. The number of imidazole rings is 1. The number of hydrogen-bond donors (Lipinski definition) is 2. The molecule has 200 valence electrons. The van der Waals surface area contributed by atoms with Crippen LogP contribution in [0.3, 0.4) is 0 Å². The van der Waals surface area contributed by atoms with Crippen LogP contribution in [0.25, 0.3) is 11.0 Å². The number of nitrogens with zero attached hydrogens (tertiary/aromatic N) is 3. The minimum atomic E-state index is 0.0699. The summed E-state index contributed by atoms with van der Waals surface area (Å²) in [6, 6.07) is 13.2. The minimum absolute atomic E-state index is 0.0699. The Morgan fingerprint density at radius 2 is 1.59 bits per heavy atom. The molecule has 0 radical (unpaired) electrons. The fraction of sp³-hybridized carbons (Fsp3) is 0.500. The molecule has 7 nitrogen and oxygen atoms in total. The first kappa shape index (κ1) is 28.4. The molecule has 0 aliphatic carbocycles. The number of fused-ring (bicyclic) bond motifs is 1. The molecule has 0 saturated heterocycles. The van der Waals surface area contributed by atoms with E-state index < -0.39 is 0 Å². The number of benzene rings is 2. The van der Waals surface area contributed by atoms with E-state index in [0.29, 0.717) is 48.4 Å². The fourth-order valence-corrected chi connectivity index (χ4v) is 4.23. The number of anilines is 2. The van der Waals surface area contributed by atoms with Gasteiger partial charge in [0.05, 0.1) is 11.0 Å². The highest BCUT2D eigenvalue weighted by molar-refractivity contribution is 5.98. The third kappa shape index (κ3) is 7.65. The number of hydrogen-bond acceptors (Lipinski definition) is 5. The zero-order valence-electron chi connectivity index (χ0n) is 23.1. The summed E-state index contributed by atoms with van der Waals surface area (Å²) < 4.78 is 2.09. The lowest BCUT2D eigenvalue weighted by molar-refractivity contribution is 0.0740. The minimum Gasteiger partial charge on any atom is -0.339 e. The number of Topliss-reactive ketones (excluding diaryl/α,β-unsaturated/α-hetero) is 1. The second-order valence-corrected chi connectivity index (χ2v) is 10.6. The molecule has 7 heteroatoms. The van der Waals surface area contributed by atoms with Crippen molar-refractivity contribution >= 4 is 34.4 Å². The Hall–Kier alpha value is -3.19. The number of nitrogens with two attached hydrogens (primary N) is 1. The van der Waals surface area contributed by atoms with Gasteiger partial charge >= 0.3 is 0 Å². The van der Waals surface area contributed by atoms with Gasteiger partial charge in [0.25, 0.3) is 5.91 Å². The highest BCUT2D eigenvalue weighted by Crippen LogP contribution is 2.26. The molecule has 0 atom stereocenters. The number of rotatable bonds is 14. The van der Waals surface area contributed by atoms with E-state index in [9.17, 15) is 9.59 Å². The van der Waals surface area contributed by atoms with Gasteiger partial charge < -0.3 is 20.5 Å². The van der Waals surface area contributed by atoms with Crippen LogP contribution in [-0.2, 0) is 6.54 Å². The van der Waals surface area contributed by atoms with Gasteiger partial charge in [-0.3, -0.25) is 9.59 Å². The van der Waals surface area contributed by atoms with E-state index in [1.165, 1.54) is 0 Å². The summed E-state index contributed by atoms with van der Waals surface area (Å²) in [4.78, 5) is 32.4. The average molecular weight is 506 g/mol. The Morgan fingerprint density at radius 3 is 2.16 bits per heavy atom. The number of aromatic nitrogens is 2. The first-order chi connectivity index (χ1) is 17.7. The SMILES string of the molecule is CCC(=O)c1ccc(Nc2nc3ccc(C(=O)N(CCC(C)C)CCC(C)C)cc3n2CCCN)cc1. The van der Waals surface area contributed by atoms with Crippen molar-refractivity contribution in [2.45, 2.75) is 66.8 Å². The Balaban J connectivity index is 1.92. The van der Waals surface area contributed by atoms with Crippen LogP contribution < -0.4 is 11.1 Å². The largest absolute Gasteiger partial charge is 0.339 e. The van der Waals surface area contributed by atoms with E-state index >= 15 is 0 Å². The maximum absolute atomic E-state index is 13.6. The van der Waals surface area contributed by atoms with Gasteiger partial charge in [-0.25, -0.2) is 4.98 Å². The van der Waals surface area contributed by atoms with Crippen molar-refractivity contribution in [3.8, 4) is 0 Å². The fourth-order valence-electron chi connectivity index (χ4n) is 4.23. The molecule has 1 heterocycles. The number of ketones is 1. The van der Waals surface area contributed by atoms with Crippen LogP contribution in [-0.4, -0.2) is 45.8 Å². The first-order valence-electron chi connectivity index (χ1n) is 13.6. The lowest BCUT2D eigenvalue weighted by Crippen LogP contribution is -2.34. The standard InChI is InChI=1S/C30H43N5O2/c1-6-28(36)23-8-11-25(12-9-23)32-30-33-26-13-10-24(20-27(26)35(30)17-7-16-31)29(37)34(18-14-21(2)3)19-15-22(4)5/h8-13,20-22H,6-7,14-19,31H2,1-5H3,(H,32,33). The van der Waals surface area contributed by atoms with Gasteiger partial charge in [0.15, 0.2) is 5.78 Å². The van der Waals surface area contributed by atoms with Gasteiger partial charge in [0.2, 0.25) is 5.95 Å². The molecule has 0 fully saturated rings. The average Bonchev–Trinajstić information content (AvgIpc) is 3.22. The van der Waals surface area contributed by atoms with Crippen molar-refractivity contribution in [3.63, 3.8) is 0 Å². The summed E-state index contributed by atoms with van der Waals surface area (Å²) in [5.74, 6) is 1.96. The van der Waals surface area contributed by atoms with E-state index in [-0.39, 0.29) is 11.7 Å². The second-order valence-electron chi connectivity index (χ2n) is 10.6. The number of carbonyl (C=O) groups excluding carboxylic acids is 2. The Morgan fingerprint density at radius 1 is 0.973 bits per heavy atom. The molecule has 1 amide bonds. The van der Waals surface area contributed by atoms with Crippen molar-refractivity contribution in [2.75, 3.05) is 25.0 Å². The molecule has 37 heavy (non-hydrogen) atoms. The highest BCUT2D eigenvalue weighted by atomic mass is 16.2. The Bertz CT molecular complexity index is 1170. The van der Waals surface area contributed by atoms with E-state index in [2.05, 4.69) is 37.6 Å². The van der Waals surface area contributed by atoms with Crippen molar-refractivity contribution in [1.82, 2.24) is 14.5 Å². The predicted molar refractivity (Wildman–Crippen MR) is 153 cm³/mol. The molecule has 1 aromatic heterocycles. The van der Waals surface area contributed by atoms with Crippen LogP contribution in [0.5, 0.6) is 0 Å². The van der Waals surface area contributed by atoms with Crippen LogP contribution in [0.1, 0.15) is 81.0 Å². The van der Waals surface area contributed by atoms with Crippen LogP contribution in [0.4, 0.5) is 11.6 Å². The summed E-state index contributed by atoms with van der Waals surface area (Å²) >= 11 is 0. The molecule has 2 aromatic carbocycles. The third-order valence-electron chi connectivity index (χ3n) is 6.61. The number of nitrogens with one attached hydrogen (secondary N) is 1. The van der Waals surface area contributed by atoms with E-state index in [1.807, 2.05) is 54.3 Å². The molecule has 3 aromatic rings. The summed E-state index contributed by atoms with van der Waals surface area (Å²) in [7, 11) is 0. The topological polar surface area (TPSA) is 93.2 Å². The molecule has 3 N–H and O–H groups in total. The number of amides is 1. The summed E-state index contributed by atoms with van der Waals surface area (Å²) in [5, 5.41) is 3.40. The van der Waals surface area contributed by atoms with Crippen molar-refractivity contribution in [3.05, 3.63) is 53.6 Å². The van der Waals surface area contributed by atoms with Gasteiger partial charge in [-0.15, -0.1) is 0 Å². The molecule has 0 aliphatic heterocycles. The maximum atomic E-state index is 13.6. The molecule has 0 saturated carbocycles. The normalized spacial score (nSPS) is 11.5. The number of aryl methyl sites for hydroxylation is 1. The lowest BCUT2D eigenvalue weighted by Gasteiger charge is -2.24.